The lowest BCUT2D eigenvalue weighted by Gasteiger charge is -2.03. The molecule has 4 nitrogen and oxygen atoms in total. The van der Waals surface area contributed by atoms with Gasteiger partial charge in [-0.2, -0.15) is 0 Å². The molecule has 0 unspecified atom stereocenters. The maximum absolute atomic E-state index is 5.70. The number of aromatic nitrogens is 2. The van der Waals surface area contributed by atoms with E-state index >= 15 is 0 Å². The average molecular weight is 281 g/mol. The number of fused-ring (bicyclic) bond motifs is 1. The predicted octanol–water partition coefficient (Wildman–Crippen LogP) is 3.31. The fourth-order valence-electron chi connectivity index (χ4n) is 2.41. The number of nitrogens with zero attached hydrogens (tertiary/aromatic N) is 2. The molecule has 0 saturated heterocycles. The van der Waals surface area contributed by atoms with Crippen LogP contribution < -0.4 is 5.32 Å². The first kappa shape index (κ1) is 13.8. The summed E-state index contributed by atoms with van der Waals surface area (Å²) in [5.41, 5.74) is 1.21. The monoisotopic (exact) mass is 281 g/mol. The van der Waals surface area contributed by atoms with Crippen molar-refractivity contribution in [2.45, 2.75) is 26.3 Å². The summed E-state index contributed by atoms with van der Waals surface area (Å²) in [6.45, 7) is 3.73. The summed E-state index contributed by atoms with van der Waals surface area (Å²) in [6, 6.07) is 14.7. The molecule has 0 aliphatic heterocycles. The molecule has 3 aromatic rings. The van der Waals surface area contributed by atoms with Gasteiger partial charge in [0.05, 0.1) is 13.0 Å². The van der Waals surface area contributed by atoms with E-state index in [1.54, 1.807) is 0 Å². The summed E-state index contributed by atoms with van der Waals surface area (Å²) in [7, 11) is 0. The van der Waals surface area contributed by atoms with Crippen LogP contribution in [0.15, 0.2) is 46.9 Å². The third-order valence-corrected chi connectivity index (χ3v) is 3.43. The molecule has 0 aliphatic carbocycles. The van der Waals surface area contributed by atoms with E-state index in [0.717, 1.165) is 13.0 Å². The summed E-state index contributed by atoms with van der Waals surface area (Å²) >= 11 is 0. The van der Waals surface area contributed by atoms with Crippen LogP contribution in [0.5, 0.6) is 0 Å². The Bertz CT molecular complexity index is 715. The molecule has 1 aromatic heterocycles. The van der Waals surface area contributed by atoms with Crippen molar-refractivity contribution in [2.24, 2.45) is 0 Å². The van der Waals surface area contributed by atoms with Gasteiger partial charge in [0, 0.05) is 0 Å². The summed E-state index contributed by atoms with van der Waals surface area (Å²) in [4.78, 5) is 0. The highest BCUT2D eigenvalue weighted by Crippen LogP contribution is 2.20. The van der Waals surface area contributed by atoms with E-state index in [9.17, 15) is 0 Å². The number of rotatable bonds is 6. The van der Waals surface area contributed by atoms with Crippen LogP contribution in [-0.4, -0.2) is 16.7 Å². The summed E-state index contributed by atoms with van der Waals surface area (Å²) < 4.78 is 5.70. The number of nitrogens with one attached hydrogen (secondary N) is 1. The van der Waals surface area contributed by atoms with Gasteiger partial charge in [-0.15, -0.1) is 10.2 Å². The van der Waals surface area contributed by atoms with E-state index in [2.05, 4.69) is 64.9 Å². The molecule has 21 heavy (non-hydrogen) atoms. The summed E-state index contributed by atoms with van der Waals surface area (Å²) in [5.74, 6) is 1.32. The predicted molar refractivity (Wildman–Crippen MR) is 83.0 cm³/mol. The zero-order valence-corrected chi connectivity index (χ0v) is 12.2. The van der Waals surface area contributed by atoms with Crippen LogP contribution in [0.4, 0.5) is 0 Å². The molecule has 0 saturated carbocycles. The van der Waals surface area contributed by atoms with E-state index in [4.69, 9.17) is 4.42 Å². The second-order valence-corrected chi connectivity index (χ2v) is 5.08. The quantitative estimate of drug-likeness (QED) is 0.704. The zero-order chi connectivity index (χ0) is 14.5. The lowest BCUT2D eigenvalue weighted by molar-refractivity contribution is 0.439. The molecule has 0 radical (unpaired) electrons. The van der Waals surface area contributed by atoms with E-state index < -0.39 is 0 Å². The SMILES string of the molecule is CCCNCc1nnc(Cc2cccc3ccccc23)o1. The molecule has 3 rings (SSSR count). The van der Waals surface area contributed by atoms with Gasteiger partial charge in [0.2, 0.25) is 11.8 Å². The largest absolute Gasteiger partial charge is 0.424 e. The first-order valence-corrected chi connectivity index (χ1v) is 7.35. The van der Waals surface area contributed by atoms with Crippen LogP contribution in [0.25, 0.3) is 10.8 Å². The Kier molecular flexibility index (Phi) is 4.26. The molecule has 1 N–H and O–H groups in total. The van der Waals surface area contributed by atoms with Crippen LogP contribution in [0.1, 0.15) is 30.7 Å². The van der Waals surface area contributed by atoms with Crippen molar-refractivity contribution in [3.8, 4) is 0 Å². The maximum atomic E-state index is 5.70. The molecule has 0 spiro atoms. The van der Waals surface area contributed by atoms with Crippen molar-refractivity contribution in [1.82, 2.24) is 15.5 Å². The Morgan fingerprint density at radius 2 is 1.81 bits per heavy atom. The van der Waals surface area contributed by atoms with Crippen LogP contribution in [0, 0.1) is 0 Å². The first-order valence-electron chi connectivity index (χ1n) is 7.35. The molecule has 0 fully saturated rings. The second kappa shape index (κ2) is 6.50. The minimum absolute atomic E-state index is 0.635. The fraction of sp³-hybridized carbons (Fsp3) is 0.294. The van der Waals surface area contributed by atoms with Crippen LogP contribution in [0.2, 0.25) is 0 Å². The third kappa shape index (κ3) is 3.28. The Morgan fingerprint density at radius 1 is 1.00 bits per heavy atom. The smallest absolute Gasteiger partial charge is 0.230 e. The molecule has 0 atom stereocenters. The Morgan fingerprint density at radius 3 is 2.71 bits per heavy atom. The molecular weight excluding hydrogens is 262 g/mol. The molecule has 108 valence electrons. The highest BCUT2D eigenvalue weighted by molar-refractivity contribution is 5.85. The summed E-state index contributed by atoms with van der Waals surface area (Å²) in [6.07, 6.45) is 1.76. The highest BCUT2D eigenvalue weighted by atomic mass is 16.4. The van der Waals surface area contributed by atoms with Crippen LogP contribution in [-0.2, 0) is 13.0 Å². The van der Waals surface area contributed by atoms with E-state index in [0.29, 0.717) is 24.7 Å². The first-order chi connectivity index (χ1) is 10.4. The Balaban J connectivity index is 1.76. The fourth-order valence-corrected chi connectivity index (χ4v) is 2.41. The van der Waals surface area contributed by atoms with Gasteiger partial charge in [-0.05, 0) is 29.3 Å². The molecule has 4 heteroatoms. The second-order valence-electron chi connectivity index (χ2n) is 5.08. The van der Waals surface area contributed by atoms with E-state index in [1.165, 1.54) is 16.3 Å². The van der Waals surface area contributed by atoms with Crippen molar-refractivity contribution in [2.75, 3.05) is 6.54 Å². The minimum Gasteiger partial charge on any atom is -0.424 e. The van der Waals surface area contributed by atoms with Gasteiger partial charge in [0.1, 0.15) is 0 Å². The van der Waals surface area contributed by atoms with Crippen LogP contribution >= 0.6 is 0 Å². The maximum Gasteiger partial charge on any atom is 0.230 e. The van der Waals surface area contributed by atoms with E-state index in [1.807, 2.05) is 0 Å². The van der Waals surface area contributed by atoms with Crippen molar-refractivity contribution in [1.29, 1.82) is 0 Å². The van der Waals surface area contributed by atoms with Crippen molar-refractivity contribution in [3.05, 3.63) is 59.8 Å². The zero-order valence-electron chi connectivity index (χ0n) is 12.2. The minimum atomic E-state index is 0.635. The van der Waals surface area contributed by atoms with Gasteiger partial charge < -0.3 is 9.73 Å². The van der Waals surface area contributed by atoms with Gasteiger partial charge in [0.15, 0.2) is 0 Å². The van der Waals surface area contributed by atoms with Crippen molar-refractivity contribution in [3.63, 3.8) is 0 Å². The molecule has 0 bridgehead atoms. The number of hydrogen-bond donors (Lipinski definition) is 1. The van der Waals surface area contributed by atoms with Crippen LogP contribution in [0.3, 0.4) is 0 Å². The Labute approximate surface area is 124 Å². The molecule has 1 heterocycles. The molecular formula is C17H19N3O. The third-order valence-electron chi connectivity index (χ3n) is 3.43. The molecule has 0 aliphatic rings. The van der Waals surface area contributed by atoms with Crippen molar-refractivity contribution >= 4 is 10.8 Å². The standard InChI is InChI=1S/C17H19N3O/c1-2-10-18-12-17-20-19-16(21-17)11-14-8-5-7-13-6-3-4-9-15(13)14/h3-9,18H,2,10-12H2,1H3. The topological polar surface area (TPSA) is 51.0 Å². The van der Waals surface area contributed by atoms with Gasteiger partial charge in [-0.3, -0.25) is 0 Å². The number of benzene rings is 2. The normalized spacial score (nSPS) is 11.1. The molecule has 2 aromatic carbocycles. The lowest BCUT2D eigenvalue weighted by Crippen LogP contribution is -2.13. The lowest BCUT2D eigenvalue weighted by atomic mass is 10.0. The summed E-state index contributed by atoms with van der Waals surface area (Å²) in [5, 5.41) is 14.0. The Hall–Kier alpha value is -2.20. The van der Waals surface area contributed by atoms with Gasteiger partial charge in [-0.1, -0.05) is 49.4 Å². The average Bonchev–Trinajstić information content (AvgIpc) is 2.96. The van der Waals surface area contributed by atoms with E-state index in [-0.39, 0.29) is 0 Å². The van der Waals surface area contributed by atoms with Gasteiger partial charge in [0.25, 0.3) is 0 Å². The van der Waals surface area contributed by atoms with Gasteiger partial charge >= 0.3 is 0 Å². The van der Waals surface area contributed by atoms with Crippen molar-refractivity contribution < 1.29 is 4.42 Å². The number of hydrogen-bond acceptors (Lipinski definition) is 4. The van der Waals surface area contributed by atoms with Gasteiger partial charge in [-0.25, -0.2) is 0 Å². The highest BCUT2D eigenvalue weighted by Gasteiger charge is 2.08. The molecule has 0 amide bonds.